The van der Waals surface area contributed by atoms with Crippen LogP contribution in [-0.4, -0.2) is 33.3 Å². The summed E-state index contributed by atoms with van der Waals surface area (Å²) in [5.41, 5.74) is 5.69. The van der Waals surface area contributed by atoms with Crippen molar-refractivity contribution in [3.05, 3.63) is 109 Å². The first-order valence-corrected chi connectivity index (χ1v) is 15.8. The van der Waals surface area contributed by atoms with Crippen LogP contribution in [0.1, 0.15) is 27.7 Å². The minimum atomic E-state index is -0.471. The molecule has 47 heavy (non-hydrogen) atoms. The zero-order valence-corrected chi connectivity index (χ0v) is 26.4. The van der Waals surface area contributed by atoms with Crippen LogP contribution in [0.3, 0.4) is 0 Å². The lowest BCUT2D eigenvalue weighted by atomic mass is 9.78. The number of hydrogen-bond acceptors (Lipinski definition) is 7. The van der Waals surface area contributed by atoms with Gasteiger partial charge in [-0.15, -0.1) is 0 Å². The Morgan fingerprint density at radius 1 is 0.489 bits per heavy atom. The number of fused-ring (bicyclic) bond motifs is 6. The van der Waals surface area contributed by atoms with Crippen LogP contribution in [0.25, 0.3) is 78.0 Å². The molecule has 8 heteroatoms. The molecule has 5 aromatic carbocycles. The van der Waals surface area contributed by atoms with E-state index in [1.165, 1.54) is 0 Å². The Labute approximate surface area is 271 Å². The van der Waals surface area contributed by atoms with Crippen molar-refractivity contribution in [1.29, 1.82) is 0 Å². The van der Waals surface area contributed by atoms with Gasteiger partial charge in [0.2, 0.25) is 0 Å². The van der Waals surface area contributed by atoms with Gasteiger partial charge in [0.25, 0.3) is 0 Å². The number of rotatable bonds is 4. The summed E-state index contributed by atoms with van der Waals surface area (Å²) < 4.78 is 25.4. The fourth-order valence-corrected chi connectivity index (χ4v) is 6.32. The highest BCUT2D eigenvalue weighted by Crippen LogP contribution is 2.39. The van der Waals surface area contributed by atoms with E-state index in [2.05, 4.69) is 52.0 Å². The van der Waals surface area contributed by atoms with E-state index in [0.29, 0.717) is 23.1 Å². The molecule has 0 spiro atoms. The molecule has 0 bridgehead atoms. The minimum absolute atomic E-state index is 0.431. The highest BCUT2D eigenvalue weighted by atomic mass is 16.7. The van der Waals surface area contributed by atoms with Gasteiger partial charge in [0.15, 0.2) is 17.5 Å². The topological polar surface area (TPSA) is 83.4 Å². The van der Waals surface area contributed by atoms with Gasteiger partial charge in [-0.3, -0.25) is 0 Å². The molecule has 1 saturated heterocycles. The Bertz CT molecular complexity index is 2480. The van der Waals surface area contributed by atoms with E-state index < -0.39 is 18.3 Å². The Hall–Kier alpha value is -5.31. The molecular formula is C39H30BN3O4. The SMILES string of the molecule is CC1(C)OB(c2ccc3oc4c(-c5nc(-c6ccccc6)nc(-c6ccc7c(c6)oc6ccccc67)n5)cccc4c3c2)OC1(C)C. The Morgan fingerprint density at radius 3 is 1.96 bits per heavy atom. The maximum absolute atomic E-state index is 6.52. The molecule has 1 aliphatic heterocycles. The second-order valence-corrected chi connectivity index (χ2v) is 13.1. The van der Waals surface area contributed by atoms with Gasteiger partial charge in [0.1, 0.15) is 22.3 Å². The summed E-state index contributed by atoms with van der Waals surface area (Å²) in [6, 6.07) is 36.3. The summed E-state index contributed by atoms with van der Waals surface area (Å²) in [7, 11) is -0.471. The van der Waals surface area contributed by atoms with Gasteiger partial charge in [0.05, 0.1) is 16.8 Å². The van der Waals surface area contributed by atoms with Gasteiger partial charge >= 0.3 is 7.12 Å². The van der Waals surface area contributed by atoms with E-state index in [0.717, 1.165) is 60.4 Å². The average Bonchev–Trinajstić information content (AvgIpc) is 3.72. The first kappa shape index (κ1) is 28.0. The third-order valence-corrected chi connectivity index (χ3v) is 9.59. The molecule has 0 aliphatic carbocycles. The lowest BCUT2D eigenvalue weighted by molar-refractivity contribution is 0.00578. The van der Waals surface area contributed by atoms with E-state index in [1.54, 1.807) is 0 Å². The largest absolute Gasteiger partial charge is 0.494 e. The molecule has 228 valence electrons. The van der Waals surface area contributed by atoms with Gasteiger partial charge in [-0.05, 0) is 63.5 Å². The fraction of sp³-hybridized carbons (Fsp3) is 0.154. The summed E-state index contributed by atoms with van der Waals surface area (Å²) in [5.74, 6) is 1.65. The van der Waals surface area contributed by atoms with Crippen molar-refractivity contribution < 1.29 is 18.1 Å². The van der Waals surface area contributed by atoms with Crippen LogP contribution in [0, 0.1) is 0 Å². The number of furan rings is 2. The molecule has 0 radical (unpaired) electrons. The quantitative estimate of drug-likeness (QED) is 0.183. The van der Waals surface area contributed by atoms with Gasteiger partial charge < -0.3 is 18.1 Å². The van der Waals surface area contributed by atoms with Crippen molar-refractivity contribution in [2.75, 3.05) is 0 Å². The van der Waals surface area contributed by atoms with Gasteiger partial charge in [-0.2, -0.15) is 0 Å². The van der Waals surface area contributed by atoms with Crippen LogP contribution in [0.5, 0.6) is 0 Å². The Balaban J connectivity index is 1.20. The minimum Gasteiger partial charge on any atom is -0.456 e. The highest BCUT2D eigenvalue weighted by Gasteiger charge is 2.51. The lowest BCUT2D eigenvalue weighted by Gasteiger charge is -2.32. The van der Waals surface area contributed by atoms with Crippen molar-refractivity contribution in [3.63, 3.8) is 0 Å². The molecule has 0 N–H and O–H groups in total. The molecule has 0 atom stereocenters. The van der Waals surface area contributed by atoms with Crippen LogP contribution in [0.2, 0.25) is 0 Å². The molecule has 8 aromatic rings. The smallest absolute Gasteiger partial charge is 0.456 e. The zero-order chi connectivity index (χ0) is 31.9. The van der Waals surface area contributed by atoms with Gasteiger partial charge in [0, 0.05) is 32.7 Å². The lowest BCUT2D eigenvalue weighted by Crippen LogP contribution is -2.41. The molecule has 1 aliphatic rings. The average molecular weight is 615 g/mol. The van der Waals surface area contributed by atoms with Crippen LogP contribution in [0.15, 0.2) is 118 Å². The third kappa shape index (κ3) is 4.47. The van der Waals surface area contributed by atoms with Crippen molar-refractivity contribution in [2.45, 2.75) is 38.9 Å². The van der Waals surface area contributed by atoms with Crippen LogP contribution >= 0.6 is 0 Å². The number of nitrogens with zero attached hydrogens (tertiary/aromatic N) is 3. The van der Waals surface area contributed by atoms with E-state index in [4.69, 9.17) is 33.1 Å². The molecule has 0 unspecified atom stereocenters. The molecule has 9 rings (SSSR count). The van der Waals surface area contributed by atoms with Crippen LogP contribution in [-0.2, 0) is 9.31 Å². The second kappa shape index (κ2) is 10.1. The Kier molecular flexibility index (Phi) is 6.01. The highest BCUT2D eigenvalue weighted by molar-refractivity contribution is 6.62. The molecule has 0 saturated carbocycles. The van der Waals surface area contributed by atoms with E-state index >= 15 is 0 Å². The molecular weight excluding hydrogens is 585 g/mol. The number of hydrogen-bond donors (Lipinski definition) is 0. The maximum atomic E-state index is 6.52. The first-order valence-electron chi connectivity index (χ1n) is 15.8. The van der Waals surface area contributed by atoms with Gasteiger partial charge in [-0.25, -0.2) is 15.0 Å². The van der Waals surface area contributed by atoms with Crippen molar-refractivity contribution in [2.24, 2.45) is 0 Å². The Morgan fingerprint density at radius 2 is 1.15 bits per heavy atom. The number of benzene rings is 5. The standard InChI is InChI=1S/C39H30BN3O4/c1-38(2)39(3,4)47-40(46-38)25-18-20-32-30(22-25)28-14-10-15-29(34(28)45-32)37-42-35(23-11-6-5-7-12-23)41-36(43-37)24-17-19-27-26-13-8-9-16-31(26)44-33(27)21-24/h5-22H,1-4H3. The number of aromatic nitrogens is 3. The molecule has 3 aromatic heterocycles. The van der Waals surface area contributed by atoms with Crippen LogP contribution < -0.4 is 5.46 Å². The summed E-state index contributed by atoms with van der Waals surface area (Å²) in [5, 5.41) is 4.06. The van der Waals surface area contributed by atoms with Crippen molar-refractivity contribution in [1.82, 2.24) is 15.0 Å². The number of para-hydroxylation sites is 2. The normalized spacial score (nSPS) is 15.8. The maximum Gasteiger partial charge on any atom is 0.494 e. The summed E-state index contributed by atoms with van der Waals surface area (Å²) in [4.78, 5) is 15.0. The van der Waals surface area contributed by atoms with Crippen molar-refractivity contribution in [3.8, 4) is 34.2 Å². The zero-order valence-electron chi connectivity index (χ0n) is 26.4. The molecule has 7 nitrogen and oxygen atoms in total. The third-order valence-electron chi connectivity index (χ3n) is 9.59. The molecule has 4 heterocycles. The predicted molar refractivity (Wildman–Crippen MR) is 186 cm³/mol. The van der Waals surface area contributed by atoms with E-state index in [1.807, 2.05) is 84.9 Å². The van der Waals surface area contributed by atoms with Gasteiger partial charge in [-0.1, -0.05) is 78.9 Å². The predicted octanol–water partition coefficient (Wildman–Crippen LogP) is 8.97. The van der Waals surface area contributed by atoms with E-state index in [9.17, 15) is 0 Å². The summed E-state index contributed by atoms with van der Waals surface area (Å²) in [6.07, 6.45) is 0. The van der Waals surface area contributed by atoms with Crippen LogP contribution in [0.4, 0.5) is 0 Å². The fourth-order valence-electron chi connectivity index (χ4n) is 6.32. The first-order chi connectivity index (χ1) is 22.7. The molecule has 1 fully saturated rings. The summed E-state index contributed by atoms with van der Waals surface area (Å²) in [6.45, 7) is 8.25. The van der Waals surface area contributed by atoms with E-state index in [-0.39, 0.29) is 0 Å². The monoisotopic (exact) mass is 615 g/mol. The van der Waals surface area contributed by atoms with Crippen molar-refractivity contribution >= 4 is 56.5 Å². The molecule has 0 amide bonds. The second-order valence-electron chi connectivity index (χ2n) is 13.1. The summed E-state index contributed by atoms with van der Waals surface area (Å²) >= 11 is 0.